The Morgan fingerprint density at radius 1 is 1.47 bits per heavy atom. The van der Waals surface area contributed by atoms with Crippen LogP contribution in [0.5, 0.6) is 0 Å². The third-order valence-corrected chi connectivity index (χ3v) is 3.12. The molecule has 0 aliphatic heterocycles. The molecule has 1 heterocycles. The van der Waals surface area contributed by atoms with E-state index in [0.717, 1.165) is 23.9 Å². The SMILES string of the molecule is CCOC(=O)CN(c1nc2ccccc2o1)C1CC1. The van der Waals surface area contributed by atoms with Gasteiger partial charge >= 0.3 is 5.97 Å². The van der Waals surface area contributed by atoms with Crippen molar-refractivity contribution in [3.63, 3.8) is 0 Å². The molecule has 2 aromatic rings. The molecule has 0 atom stereocenters. The predicted octanol–water partition coefficient (Wildman–Crippen LogP) is 2.36. The Bertz CT molecular complexity index is 556. The summed E-state index contributed by atoms with van der Waals surface area (Å²) in [7, 11) is 0. The summed E-state index contributed by atoms with van der Waals surface area (Å²) >= 11 is 0. The number of anilines is 1. The highest BCUT2D eigenvalue weighted by Crippen LogP contribution is 2.32. The monoisotopic (exact) mass is 260 g/mol. The normalized spacial score (nSPS) is 14.6. The summed E-state index contributed by atoms with van der Waals surface area (Å²) < 4.78 is 10.7. The van der Waals surface area contributed by atoms with Crippen molar-refractivity contribution in [1.82, 2.24) is 4.98 Å². The zero-order chi connectivity index (χ0) is 13.2. The van der Waals surface area contributed by atoms with Crippen molar-refractivity contribution in [2.75, 3.05) is 18.1 Å². The van der Waals surface area contributed by atoms with E-state index in [0.29, 0.717) is 18.7 Å². The van der Waals surface area contributed by atoms with E-state index in [9.17, 15) is 4.79 Å². The van der Waals surface area contributed by atoms with Gasteiger partial charge in [0.05, 0.1) is 6.61 Å². The van der Waals surface area contributed by atoms with E-state index >= 15 is 0 Å². The van der Waals surface area contributed by atoms with Gasteiger partial charge in [-0.1, -0.05) is 12.1 Å². The van der Waals surface area contributed by atoms with Crippen molar-refractivity contribution in [2.45, 2.75) is 25.8 Å². The van der Waals surface area contributed by atoms with Crippen LogP contribution in [-0.2, 0) is 9.53 Å². The fourth-order valence-electron chi connectivity index (χ4n) is 2.07. The van der Waals surface area contributed by atoms with Crippen molar-refractivity contribution in [2.24, 2.45) is 0 Å². The molecule has 5 heteroatoms. The van der Waals surface area contributed by atoms with Gasteiger partial charge in [-0.15, -0.1) is 0 Å². The van der Waals surface area contributed by atoms with Crippen molar-refractivity contribution in [3.8, 4) is 0 Å². The van der Waals surface area contributed by atoms with Gasteiger partial charge < -0.3 is 14.1 Å². The first kappa shape index (κ1) is 12.0. The van der Waals surface area contributed by atoms with Crippen LogP contribution in [0, 0.1) is 0 Å². The van der Waals surface area contributed by atoms with Gasteiger partial charge in [-0.2, -0.15) is 4.98 Å². The second kappa shape index (κ2) is 4.91. The van der Waals surface area contributed by atoms with E-state index in [1.54, 1.807) is 6.92 Å². The number of oxazole rings is 1. The number of para-hydroxylation sites is 2. The quantitative estimate of drug-likeness (QED) is 0.772. The molecule has 1 aliphatic rings. The topological polar surface area (TPSA) is 55.6 Å². The number of hydrogen-bond acceptors (Lipinski definition) is 5. The number of ether oxygens (including phenoxy) is 1. The first-order valence-corrected chi connectivity index (χ1v) is 6.55. The summed E-state index contributed by atoms with van der Waals surface area (Å²) in [6, 6.07) is 8.46. The van der Waals surface area contributed by atoms with E-state index in [-0.39, 0.29) is 12.5 Å². The van der Waals surface area contributed by atoms with Crippen molar-refractivity contribution >= 4 is 23.1 Å². The van der Waals surface area contributed by atoms with Crippen molar-refractivity contribution < 1.29 is 13.9 Å². The second-order valence-electron chi connectivity index (χ2n) is 4.63. The number of rotatable bonds is 5. The highest BCUT2D eigenvalue weighted by molar-refractivity contribution is 5.78. The van der Waals surface area contributed by atoms with E-state index in [4.69, 9.17) is 9.15 Å². The Balaban J connectivity index is 1.84. The second-order valence-corrected chi connectivity index (χ2v) is 4.63. The third kappa shape index (κ3) is 2.54. The number of aromatic nitrogens is 1. The van der Waals surface area contributed by atoms with Crippen LogP contribution in [0.25, 0.3) is 11.1 Å². The molecular formula is C14H16N2O3. The molecule has 5 nitrogen and oxygen atoms in total. The van der Waals surface area contributed by atoms with Gasteiger partial charge in [0.1, 0.15) is 12.1 Å². The zero-order valence-corrected chi connectivity index (χ0v) is 10.8. The Morgan fingerprint density at radius 2 is 2.26 bits per heavy atom. The van der Waals surface area contributed by atoms with Gasteiger partial charge in [-0.25, -0.2) is 0 Å². The highest BCUT2D eigenvalue weighted by atomic mass is 16.5. The summed E-state index contributed by atoms with van der Waals surface area (Å²) in [6.07, 6.45) is 2.14. The lowest BCUT2D eigenvalue weighted by atomic mass is 10.3. The molecule has 3 rings (SSSR count). The molecule has 0 saturated heterocycles. The minimum atomic E-state index is -0.239. The Morgan fingerprint density at radius 3 is 2.95 bits per heavy atom. The molecule has 0 amide bonds. The Hall–Kier alpha value is -2.04. The Kier molecular flexibility index (Phi) is 3.11. The smallest absolute Gasteiger partial charge is 0.325 e. The molecule has 0 radical (unpaired) electrons. The maximum atomic E-state index is 11.6. The largest absolute Gasteiger partial charge is 0.465 e. The summed E-state index contributed by atoms with van der Waals surface area (Å²) in [5.41, 5.74) is 1.55. The van der Waals surface area contributed by atoms with Crippen molar-refractivity contribution in [1.29, 1.82) is 0 Å². The van der Waals surface area contributed by atoms with E-state index in [1.165, 1.54) is 0 Å². The minimum Gasteiger partial charge on any atom is -0.465 e. The summed E-state index contributed by atoms with van der Waals surface area (Å²) in [4.78, 5) is 18.0. The van der Waals surface area contributed by atoms with Gasteiger partial charge in [0.25, 0.3) is 6.01 Å². The predicted molar refractivity (Wildman–Crippen MR) is 71.0 cm³/mol. The minimum absolute atomic E-state index is 0.200. The lowest BCUT2D eigenvalue weighted by Crippen LogP contribution is -2.33. The maximum Gasteiger partial charge on any atom is 0.325 e. The zero-order valence-electron chi connectivity index (χ0n) is 10.8. The van der Waals surface area contributed by atoms with Crippen LogP contribution in [0.2, 0.25) is 0 Å². The van der Waals surface area contributed by atoms with E-state index in [1.807, 2.05) is 29.2 Å². The van der Waals surface area contributed by atoms with Gasteiger partial charge in [-0.3, -0.25) is 4.79 Å². The molecular weight excluding hydrogens is 244 g/mol. The van der Waals surface area contributed by atoms with Crippen LogP contribution >= 0.6 is 0 Å². The number of carbonyl (C=O) groups excluding carboxylic acids is 1. The molecule has 0 unspecified atom stereocenters. The molecule has 1 aromatic carbocycles. The number of nitrogens with zero attached hydrogens (tertiary/aromatic N) is 2. The van der Waals surface area contributed by atoms with E-state index in [2.05, 4.69) is 4.98 Å². The van der Waals surface area contributed by atoms with Crippen LogP contribution in [-0.4, -0.2) is 30.1 Å². The van der Waals surface area contributed by atoms with Gasteiger partial charge in [0.2, 0.25) is 0 Å². The number of benzene rings is 1. The number of hydrogen-bond donors (Lipinski definition) is 0. The van der Waals surface area contributed by atoms with Gasteiger partial charge in [-0.05, 0) is 31.9 Å². The van der Waals surface area contributed by atoms with Gasteiger partial charge in [0.15, 0.2) is 5.58 Å². The van der Waals surface area contributed by atoms with Gasteiger partial charge in [0, 0.05) is 6.04 Å². The summed E-state index contributed by atoms with van der Waals surface area (Å²) in [6.45, 7) is 2.40. The molecule has 100 valence electrons. The summed E-state index contributed by atoms with van der Waals surface area (Å²) in [5.74, 6) is -0.239. The first-order valence-electron chi connectivity index (χ1n) is 6.55. The molecule has 0 bridgehead atoms. The number of esters is 1. The van der Waals surface area contributed by atoms with Crippen LogP contribution in [0.3, 0.4) is 0 Å². The fourth-order valence-corrected chi connectivity index (χ4v) is 2.07. The third-order valence-electron chi connectivity index (χ3n) is 3.12. The Labute approximate surface area is 111 Å². The molecule has 1 fully saturated rings. The lowest BCUT2D eigenvalue weighted by molar-refractivity contribution is -0.141. The van der Waals surface area contributed by atoms with Crippen molar-refractivity contribution in [3.05, 3.63) is 24.3 Å². The van der Waals surface area contributed by atoms with Crippen LogP contribution in [0.1, 0.15) is 19.8 Å². The highest BCUT2D eigenvalue weighted by Gasteiger charge is 2.33. The number of fused-ring (bicyclic) bond motifs is 1. The fraction of sp³-hybridized carbons (Fsp3) is 0.429. The molecule has 0 N–H and O–H groups in total. The van der Waals surface area contributed by atoms with Crippen LogP contribution < -0.4 is 4.90 Å². The number of carbonyl (C=O) groups is 1. The standard InChI is InChI=1S/C14H16N2O3/c1-2-18-13(17)9-16(10-7-8-10)14-15-11-5-3-4-6-12(11)19-14/h3-6,10H,2,7-9H2,1H3. The molecule has 1 saturated carbocycles. The van der Waals surface area contributed by atoms with Crippen LogP contribution in [0.15, 0.2) is 28.7 Å². The average Bonchev–Trinajstić information content (AvgIpc) is 3.14. The van der Waals surface area contributed by atoms with E-state index < -0.39 is 0 Å². The summed E-state index contributed by atoms with van der Waals surface area (Å²) in [5, 5.41) is 0. The molecule has 19 heavy (non-hydrogen) atoms. The molecule has 1 aliphatic carbocycles. The molecule has 0 spiro atoms. The molecule has 1 aromatic heterocycles. The first-order chi connectivity index (χ1) is 9.28. The maximum absolute atomic E-state index is 11.6. The average molecular weight is 260 g/mol. The van der Waals surface area contributed by atoms with Crippen LogP contribution in [0.4, 0.5) is 6.01 Å². The lowest BCUT2D eigenvalue weighted by Gasteiger charge is -2.18.